The Balaban J connectivity index is 1.52. The van der Waals surface area contributed by atoms with Crippen molar-refractivity contribution in [3.63, 3.8) is 0 Å². The zero-order valence-corrected chi connectivity index (χ0v) is 17.1. The van der Waals surface area contributed by atoms with Crippen LogP contribution in [0.25, 0.3) is 0 Å². The molecular weight excluding hydrogens is 376 g/mol. The Bertz CT molecular complexity index is 1130. The normalized spacial score (nSPS) is 16.7. The molecule has 0 saturated heterocycles. The van der Waals surface area contributed by atoms with Gasteiger partial charge in [0.15, 0.2) is 11.5 Å². The summed E-state index contributed by atoms with van der Waals surface area (Å²) >= 11 is 0. The highest BCUT2D eigenvalue weighted by Crippen LogP contribution is 2.38. The maximum atomic E-state index is 13.3. The van der Waals surface area contributed by atoms with E-state index in [1.165, 1.54) is 11.1 Å². The summed E-state index contributed by atoms with van der Waals surface area (Å²) in [6.45, 7) is 4.98. The van der Waals surface area contributed by atoms with Crippen LogP contribution in [0.5, 0.6) is 11.5 Å². The van der Waals surface area contributed by atoms with Crippen LogP contribution in [0, 0.1) is 6.92 Å². The van der Waals surface area contributed by atoms with E-state index in [0.29, 0.717) is 6.54 Å². The Labute approximate surface area is 176 Å². The standard InChI is InChI=1S/C25H24N2O3/c1-3-18-8-6-7-16(2)23(18)26-24-19-9-4-5-10-20(19)25(28)27(24)14-17-11-12-21-22(13-17)30-15-29-21/h4-13,24,26H,3,14-15H2,1-2H3/t24-/m0/s1. The van der Waals surface area contributed by atoms with E-state index in [1.54, 1.807) is 0 Å². The molecule has 2 aliphatic heterocycles. The molecule has 2 aliphatic rings. The molecule has 0 unspecified atom stereocenters. The smallest absolute Gasteiger partial charge is 0.256 e. The highest BCUT2D eigenvalue weighted by Gasteiger charge is 2.37. The lowest BCUT2D eigenvalue weighted by molar-refractivity contribution is 0.0728. The molecule has 0 radical (unpaired) electrons. The molecule has 0 aromatic heterocycles. The van der Waals surface area contributed by atoms with Crippen LogP contribution in [0.4, 0.5) is 5.69 Å². The molecule has 5 rings (SSSR count). The third kappa shape index (κ3) is 3.07. The summed E-state index contributed by atoms with van der Waals surface area (Å²) in [5.74, 6) is 1.51. The van der Waals surface area contributed by atoms with Crippen LogP contribution < -0.4 is 14.8 Å². The lowest BCUT2D eigenvalue weighted by Crippen LogP contribution is -2.32. The SMILES string of the molecule is CCc1cccc(C)c1N[C@@H]1c2ccccc2C(=O)N1Cc1ccc2c(c1)OCO2. The van der Waals surface area contributed by atoms with E-state index in [0.717, 1.165) is 40.3 Å². The number of rotatable bonds is 5. The van der Waals surface area contributed by atoms with Crippen LogP contribution in [-0.4, -0.2) is 17.6 Å². The van der Waals surface area contributed by atoms with Gasteiger partial charge < -0.3 is 19.7 Å². The summed E-state index contributed by atoms with van der Waals surface area (Å²) in [6.07, 6.45) is 0.694. The van der Waals surface area contributed by atoms with E-state index in [2.05, 4.69) is 37.4 Å². The molecule has 1 amide bonds. The number of carbonyl (C=O) groups excluding carboxylic acids is 1. The lowest BCUT2D eigenvalue weighted by Gasteiger charge is -2.29. The van der Waals surface area contributed by atoms with Crippen molar-refractivity contribution in [2.45, 2.75) is 33.0 Å². The van der Waals surface area contributed by atoms with Crippen molar-refractivity contribution >= 4 is 11.6 Å². The first-order valence-electron chi connectivity index (χ1n) is 10.3. The van der Waals surface area contributed by atoms with E-state index in [-0.39, 0.29) is 18.9 Å². The molecule has 0 spiro atoms. The van der Waals surface area contributed by atoms with Crippen molar-refractivity contribution in [2.75, 3.05) is 12.1 Å². The Morgan fingerprint density at radius 1 is 1.03 bits per heavy atom. The molecule has 5 nitrogen and oxygen atoms in total. The van der Waals surface area contributed by atoms with Crippen LogP contribution >= 0.6 is 0 Å². The number of para-hydroxylation sites is 1. The molecule has 3 aromatic rings. The average molecular weight is 400 g/mol. The predicted molar refractivity (Wildman–Crippen MR) is 116 cm³/mol. The third-order valence-electron chi connectivity index (χ3n) is 5.87. The van der Waals surface area contributed by atoms with Gasteiger partial charge in [-0.3, -0.25) is 4.79 Å². The number of benzene rings is 3. The first-order chi connectivity index (χ1) is 14.7. The fourth-order valence-corrected chi connectivity index (χ4v) is 4.29. The minimum Gasteiger partial charge on any atom is -0.454 e. The maximum absolute atomic E-state index is 13.3. The number of hydrogen-bond donors (Lipinski definition) is 1. The highest BCUT2D eigenvalue weighted by molar-refractivity contribution is 5.99. The number of carbonyl (C=O) groups is 1. The van der Waals surface area contributed by atoms with E-state index in [4.69, 9.17) is 9.47 Å². The van der Waals surface area contributed by atoms with Crippen molar-refractivity contribution in [3.8, 4) is 11.5 Å². The van der Waals surface area contributed by atoms with Crippen molar-refractivity contribution in [1.82, 2.24) is 4.90 Å². The third-order valence-corrected chi connectivity index (χ3v) is 5.87. The molecule has 152 valence electrons. The van der Waals surface area contributed by atoms with Crippen LogP contribution in [0.1, 0.15) is 45.7 Å². The molecule has 5 heteroatoms. The van der Waals surface area contributed by atoms with Crippen molar-refractivity contribution in [2.24, 2.45) is 0 Å². The molecular formula is C25H24N2O3. The topological polar surface area (TPSA) is 50.8 Å². The van der Waals surface area contributed by atoms with E-state index in [9.17, 15) is 4.79 Å². The second-order valence-electron chi connectivity index (χ2n) is 7.72. The summed E-state index contributed by atoms with van der Waals surface area (Å²) in [5.41, 5.74) is 6.29. The average Bonchev–Trinajstić information content (AvgIpc) is 3.33. The largest absolute Gasteiger partial charge is 0.454 e. The quantitative estimate of drug-likeness (QED) is 0.651. The van der Waals surface area contributed by atoms with E-state index >= 15 is 0 Å². The maximum Gasteiger partial charge on any atom is 0.256 e. The first-order valence-corrected chi connectivity index (χ1v) is 10.3. The summed E-state index contributed by atoms with van der Waals surface area (Å²) in [5, 5.41) is 3.69. The van der Waals surface area contributed by atoms with Gasteiger partial charge in [-0.2, -0.15) is 0 Å². The Morgan fingerprint density at radius 2 is 1.87 bits per heavy atom. The second-order valence-corrected chi connectivity index (χ2v) is 7.72. The van der Waals surface area contributed by atoms with Crippen molar-refractivity contribution < 1.29 is 14.3 Å². The lowest BCUT2D eigenvalue weighted by atomic mass is 10.0. The summed E-state index contributed by atoms with van der Waals surface area (Å²) in [4.78, 5) is 15.2. The first kappa shape index (κ1) is 18.6. The highest BCUT2D eigenvalue weighted by atomic mass is 16.7. The van der Waals surface area contributed by atoms with Crippen LogP contribution in [-0.2, 0) is 13.0 Å². The summed E-state index contributed by atoms with van der Waals surface area (Å²) in [6, 6.07) is 20.0. The van der Waals surface area contributed by atoms with Gasteiger partial charge in [0, 0.05) is 23.4 Å². The second kappa shape index (κ2) is 7.41. The number of aryl methyl sites for hydroxylation is 2. The Hall–Kier alpha value is -3.47. The van der Waals surface area contributed by atoms with Gasteiger partial charge in [0.05, 0.1) is 0 Å². The van der Waals surface area contributed by atoms with Crippen LogP contribution in [0.2, 0.25) is 0 Å². The Morgan fingerprint density at radius 3 is 2.73 bits per heavy atom. The molecule has 2 heterocycles. The van der Waals surface area contributed by atoms with Gasteiger partial charge in [-0.1, -0.05) is 49.4 Å². The molecule has 0 saturated carbocycles. The minimum atomic E-state index is -0.231. The van der Waals surface area contributed by atoms with Crippen LogP contribution in [0.15, 0.2) is 60.7 Å². The molecule has 1 atom stereocenters. The molecule has 0 bridgehead atoms. The molecule has 0 aliphatic carbocycles. The van der Waals surface area contributed by atoms with Gasteiger partial charge in [-0.25, -0.2) is 0 Å². The summed E-state index contributed by atoms with van der Waals surface area (Å²) in [7, 11) is 0. The molecule has 3 aromatic carbocycles. The van der Waals surface area contributed by atoms with Crippen molar-refractivity contribution in [1.29, 1.82) is 0 Å². The van der Waals surface area contributed by atoms with Gasteiger partial charge in [-0.05, 0) is 48.2 Å². The fraction of sp³-hybridized carbons (Fsp3) is 0.240. The zero-order valence-electron chi connectivity index (χ0n) is 17.1. The molecule has 30 heavy (non-hydrogen) atoms. The molecule has 0 fully saturated rings. The number of amides is 1. The van der Waals surface area contributed by atoms with Gasteiger partial charge >= 0.3 is 0 Å². The fourth-order valence-electron chi connectivity index (χ4n) is 4.29. The van der Waals surface area contributed by atoms with Crippen LogP contribution in [0.3, 0.4) is 0 Å². The van der Waals surface area contributed by atoms with Gasteiger partial charge in [0.1, 0.15) is 6.17 Å². The number of nitrogens with zero attached hydrogens (tertiary/aromatic N) is 1. The van der Waals surface area contributed by atoms with Gasteiger partial charge in [-0.15, -0.1) is 0 Å². The van der Waals surface area contributed by atoms with E-state index < -0.39 is 0 Å². The van der Waals surface area contributed by atoms with Gasteiger partial charge in [0.2, 0.25) is 6.79 Å². The number of fused-ring (bicyclic) bond motifs is 2. The molecule has 1 N–H and O–H groups in total. The van der Waals surface area contributed by atoms with Gasteiger partial charge in [0.25, 0.3) is 5.91 Å². The van der Waals surface area contributed by atoms with E-state index in [1.807, 2.05) is 47.4 Å². The predicted octanol–water partition coefficient (Wildman–Crippen LogP) is 5.05. The summed E-state index contributed by atoms with van der Waals surface area (Å²) < 4.78 is 10.9. The zero-order chi connectivity index (χ0) is 20.7. The number of nitrogens with one attached hydrogen (secondary N) is 1. The number of ether oxygens (including phenoxy) is 2. The monoisotopic (exact) mass is 400 g/mol. The van der Waals surface area contributed by atoms with Crippen molar-refractivity contribution in [3.05, 3.63) is 88.5 Å². The Kier molecular flexibility index (Phi) is 4.58. The minimum absolute atomic E-state index is 0.0346. The number of anilines is 1. The number of hydrogen-bond acceptors (Lipinski definition) is 4.